The number of likely N-dealkylation sites (tertiary alicyclic amines) is 2. The second-order valence-electron chi connectivity index (χ2n) is 13.1. The molecule has 2 heterocycles. The first kappa shape index (κ1) is 35.5. The van der Waals surface area contributed by atoms with Crippen LogP contribution in [0, 0.1) is 11.3 Å². The summed E-state index contributed by atoms with van der Waals surface area (Å²) in [6, 6.07) is 17.0. The molecule has 0 aromatic heterocycles. The van der Waals surface area contributed by atoms with E-state index in [1.807, 2.05) is 41.3 Å². The first-order valence-electron chi connectivity index (χ1n) is 16.5. The quantitative estimate of drug-likeness (QED) is 0.251. The number of carbonyl (C=O) groups excluding carboxylic acids is 3. The minimum Gasteiger partial charge on any atom is -0.495 e. The molecule has 0 saturated carbocycles. The van der Waals surface area contributed by atoms with Crippen LogP contribution in [0.5, 0.6) is 5.75 Å². The fraction of sp³-hybridized carbons (Fsp3) is 0.459. The maximum absolute atomic E-state index is 14.2. The summed E-state index contributed by atoms with van der Waals surface area (Å²) in [6.07, 6.45) is 4.14. The van der Waals surface area contributed by atoms with E-state index in [9.17, 15) is 19.6 Å². The molecule has 0 N–H and O–H groups in total. The van der Waals surface area contributed by atoms with Gasteiger partial charge in [0.25, 0.3) is 5.91 Å². The molecule has 0 bridgehead atoms. The largest absolute Gasteiger partial charge is 0.495 e. The van der Waals surface area contributed by atoms with Crippen LogP contribution < -0.4 is 4.74 Å². The smallest absolute Gasteiger partial charge is 0.258 e. The molecule has 0 unspecified atom stereocenters. The highest BCUT2D eigenvalue weighted by Gasteiger charge is 2.49. The van der Waals surface area contributed by atoms with Gasteiger partial charge in [0.1, 0.15) is 17.4 Å². The van der Waals surface area contributed by atoms with Crippen LogP contribution in [0.15, 0.2) is 48.5 Å². The molecule has 1 atom stereocenters. The molecule has 48 heavy (non-hydrogen) atoms. The zero-order valence-electron chi connectivity index (χ0n) is 28.1. The van der Waals surface area contributed by atoms with E-state index in [4.69, 9.17) is 27.9 Å². The van der Waals surface area contributed by atoms with E-state index >= 15 is 0 Å². The molecule has 0 radical (unpaired) electrons. The fourth-order valence-electron chi connectivity index (χ4n) is 7.33. The number of methoxy groups -OCH3 is 1. The summed E-state index contributed by atoms with van der Waals surface area (Å²) in [4.78, 5) is 48.3. The Balaban J connectivity index is 1.37. The summed E-state index contributed by atoms with van der Waals surface area (Å²) in [5.41, 5.74) is 0.800. The van der Waals surface area contributed by atoms with Crippen LogP contribution in [-0.4, -0.2) is 104 Å². The average molecular weight is 693 g/mol. The summed E-state index contributed by atoms with van der Waals surface area (Å²) in [5.74, 6) is -0.0164. The Morgan fingerprint density at radius 1 is 1.02 bits per heavy atom. The standard InChI is InChI=1S/C37H43Cl2N5O4/c1-41(2)36(47)37(44-17-8-7-11-32(44)45)15-19-43(20-16-37)18-14-27(25-12-13-30(38)31(39)22-25)24-42(3)35(46)33-29-10-6-5-9-26(29)21-28(23-40)34(33)48-4/h5-6,9-10,12-13,21-22,27H,7-8,11,14-20,24H2,1-4H3/t27-/m1/s1. The van der Waals surface area contributed by atoms with Crippen molar-refractivity contribution >= 4 is 51.7 Å². The Morgan fingerprint density at radius 3 is 2.40 bits per heavy atom. The van der Waals surface area contributed by atoms with Gasteiger partial charge in [-0.05, 0) is 73.2 Å². The number of benzene rings is 3. The molecule has 254 valence electrons. The third-order valence-electron chi connectivity index (χ3n) is 9.92. The van der Waals surface area contributed by atoms with Crippen molar-refractivity contribution in [2.75, 3.05) is 61.0 Å². The normalized spacial score (nSPS) is 17.1. The number of hydrogen-bond acceptors (Lipinski definition) is 6. The number of amides is 3. The van der Waals surface area contributed by atoms with Crippen molar-refractivity contribution < 1.29 is 19.1 Å². The van der Waals surface area contributed by atoms with Crippen molar-refractivity contribution in [1.82, 2.24) is 19.6 Å². The van der Waals surface area contributed by atoms with Gasteiger partial charge in [-0.3, -0.25) is 14.4 Å². The minimum absolute atomic E-state index is 0.00496. The van der Waals surface area contributed by atoms with Crippen molar-refractivity contribution in [3.05, 3.63) is 75.3 Å². The minimum atomic E-state index is -0.812. The van der Waals surface area contributed by atoms with E-state index in [-0.39, 0.29) is 29.4 Å². The Hall–Kier alpha value is -3.84. The summed E-state index contributed by atoms with van der Waals surface area (Å²) in [7, 11) is 6.76. The molecular formula is C37H43Cl2N5O4. The number of likely N-dealkylation sites (N-methyl/N-ethyl adjacent to an activating group) is 2. The lowest BCUT2D eigenvalue weighted by Crippen LogP contribution is -2.65. The topological polar surface area (TPSA) is 97.2 Å². The van der Waals surface area contributed by atoms with Gasteiger partial charge in [0.05, 0.1) is 28.3 Å². The third-order valence-corrected chi connectivity index (χ3v) is 10.7. The van der Waals surface area contributed by atoms with Crippen molar-refractivity contribution in [3.63, 3.8) is 0 Å². The number of ether oxygens (including phenoxy) is 1. The van der Waals surface area contributed by atoms with Crippen LogP contribution in [0.1, 0.15) is 65.9 Å². The number of nitriles is 1. The summed E-state index contributed by atoms with van der Waals surface area (Å²) in [5, 5.41) is 12.2. The zero-order chi connectivity index (χ0) is 34.6. The molecule has 0 spiro atoms. The van der Waals surface area contributed by atoms with Crippen molar-refractivity contribution in [3.8, 4) is 11.8 Å². The number of hydrogen-bond donors (Lipinski definition) is 0. The van der Waals surface area contributed by atoms with E-state index in [0.717, 1.165) is 30.3 Å². The van der Waals surface area contributed by atoms with Crippen LogP contribution in [0.25, 0.3) is 10.8 Å². The van der Waals surface area contributed by atoms with E-state index < -0.39 is 5.54 Å². The zero-order valence-corrected chi connectivity index (χ0v) is 29.6. The van der Waals surface area contributed by atoms with Gasteiger partial charge in [-0.2, -0.15) is 5.26 Å². The van der Waals surface area contributed by atoms with Crippen LogP contribution in [0.4, 0.5) is 0 Å². The van der Waals surface area contributed by atoms with E-state index in [1.54, 1.807) is 43.1 Å². The number of halogens is 2. The van der Waals surface area contributed by atoms with Crippen molar-refractivity contribution in [1.29, 1.82) is 5.26 Å². The van der Waals surface area contributed by atoms with E-state index in [0.29, 0.717) is 78.4 Å². The van der Waals surface area contributed by atoms with Gasteiger partial charge in [0, 0.05) is 59.7 Å². The fourth-order valence-corrected chi connectivity index (χ4v) is 7.64. The van der Waals surface area contributed by atoms with Crippen molar-refractivity contribution in [2.24, 2.45) is 0 Å². The summed E-state index contributed by atoms with van der Waals surface area (Å²) >= 11 is 12.8. The molecule has 3 aromatic rings. The number of rotatable bonds is 10. The highest BCUT2D eigenvalue weighted by molar-refractivity contribution is 6.42. The molecule has 5 rings (SSSR count). The number of piperidine rings is 2. The predicted octanol–water partition coefficient (Wildman–Crippen LogP) is 6.21. The molecule has 2 saturated heterocycles. The van der Waals surface area contributed by atoms with Gasteiger partial charge >= 0.3 is 0 Å². The second-order valence-corrected chi connectivity index (χ2v) is 13.9. The Bertz CT molecular complexity index is 1730. The van der Waals surface area contributed by atoms with Gasteiger partial charge < -0.3 is 24.3 Å². The molecule has 2 aliphatic heterocycles. The number of carbonyl (C=O) groups is 3. The molecular weight excluding hydrogens is 649 g/mol. The molecule has 9 nitrogen and oxygen atoms in total. The lowest BCUT2D eigenvalue weighted by atomic mass is 9.82. The van der Waals surface area contributed by atoms with Crippen LogP contribution in [0.3, 0.4) is 0 Å². The Kier molecular flexibility index (Phi) is 11.2. The number of nitrogens with zero attached hydrogens (tertiary/aromatic N) is 5. The highest BCUT2D eigenvalue weighted by atomic mass is 35.5. The number of fused-ring (bicyclic) bond motifs is 1. The van der Waals surface area contributed by atoms with Gasteiger partial charge in [0.15, 0.2) is 0 Å². The van der Waals surface area contributed by atoms with Gasteiger partial charge in [-0.1, -0.05) is 53.5 Å². The first-order chi connectivity index (χ1) is 23.0. The lowest BCUT2D eigenvalue weighted by molar-refractivity contribution is -0.158. The average Bonchev–Trinajstić information content (AvgIpc) is 3.10. The van der Waals surface area contributed by atoms with E-state index in [2.05, 4.69) is 11.0 Å². The molecule has 3 amide bonds. The molecule has 2 aliphatic rings. The second kappa shape index (κ2) is 15.1. The molecule has 0 aliphatic carbocycles. The molecule has 2 fully saturated rings. The Morgan fingerprint density at radius 2 is 1.75 bits per heavy atom. The van der Waals surface area contributed by atoms with Crippen molar-refractivity contribution in [2.45, 2.75) is 50.0 Å². The predicted molar refractivity (Wildman–Crippen MR) is 189 cm³/mol. The molecule has 3 aromatic carbocycles. The van der Waals surface area contributed by atoms with Gasteiger partial charge in [-0.25, -0.2) is 0 Å². The third kappa shape index (κ3) is 7.12. The van der Waals surface area contributed by atoms with Gasteiger partial charge in [0.2, 0.25) is 11.8 Å². The first-order valence-corrected chi connectivity index (χ1v) is 17.2. The van der Waals surface area contributed by atoms with Crippen LogP contribution in [-0.2, 0) is 9.59 Å². The Labute approximate surface area is 292 Å². The van der Waals surface area contributed by atoms with Crippen LogP contribution >= 0.6 is 23.2 Å². The summed E-state index contributed by atoms with van der Waals surface area (Å²) < 4.78 is 5.63. The van der Waals surface area contributed by atoms with E-state index in [1.165, 1.54) is 7.11 Å². The SMILES string of the molecule is COc1c(C#N)cc2ccccc2c1C(=O)N(C)C[C@@H](CCN1CCC(C(=O)N(C)C)(N2CCCCC2=O)CC1)c1ccc(Cl)c(Cl)c1. The highest BCUT2D eigenvalue weighted by Crippen LogP contribution is 2.36. The van der Waals surface area contributed by atoms with Gasteiger partial charge in [-0.15, -0.1) is 0 Å². The maximum Gasteiger partial charge on any atom is 0.258 e. The summed E-state index contributed by atoms with van der Waals surface area (Å²) in [6.45, 7) is 3.08. The molecule has 11 heteroatoms. The maximum atomic E-state index is 14.2. The monoisotopic (exact) mass is 691 g/mol. The lowest BCUT2D eigenvalue weighted by Gasteiger charge is -2.49. The van der Waals surface area contributed by atoms with Crippen LogP contribution in [0.2, 0.25) is 10.0 Å².